The average Bonchev–Trinajstić information content (AvgIpc) is 2.44. The molecule has 1 unspecified atom stereocenters. The number of carboxylic acid groups (broad SMARTS) is 1. The third-order valence-electron chi connectivity index (χ3n) is 2.72. The van der Waals surface area contributed by atoms with Gasteiger partial charge in [0.1, 0.15) is 5.84 Å². The van der Waals surface area contributed by atoms with Crippen molar-refractivity contribution in [2.45, 2.75) is 36.0 Å². The van der Waals surface area contributed by atoms with Gasteiger partial charge in [-0.2, -0.15) is 0 Å². The van der Waals surface area contributed by atoms with E-state index in [0.717, 1.165) is 18.5 Å². The molecular formula is C14H19IN2O3. The summed E-state index contributed by atoms with van der Waals surface area (Å²) in [5.74, 6) is -0.229. The summed E-state index contributed by atoms with van der Waals surface area (Å²) in [5.41, 5.74) is 2.93. The van der Waals surface area contributed by atoms with E-state index in [0.29, 0.717) is 22.6 Å². The van der Waals surface area contributed by atoms with Crippen LogP contribution in [0.25, 0.3) is 0 Å². The molecule has 1 aromatic carbocycles. The molecule has 6 heteroatoms. The van der Waals surface area contributed by atoms with Gasteiger partial charge in [-0.15, -0.1) is 0 Å². The molecule has 0 spiro atoms. The molecule has 0 saturated carbocycles. The van der Waals surface area contributed by atoms with Gasteiger partial charge in [-0.3, -0.25) is 15.5 Å². The number of halogens is 1. The van der Waals surface area contributed by atoms with E-state index in [1.807, 2.05) is 30.3 Å². The van der Waals surface area contributed by atoms with Gasteiger partial charge in [-0.25, -0.2) is 4.99 Å². The van der Waals surface area contributed by atoms with Crippen LogP contribution < -0.4 is 5.48 Å². The number of amidine groups is 1. The van der Waals surface area contributed by atoms with Gasteiger partial charge in [0.25, 0.3) is 0 Å². The Morgan fingerprint density at radius 2 is 2.00 bits per heavy atom. The monoisotopic (exact) mass is 390 g/mol. The summed E-state index contributed by atoms with van der Waals surface area (Å²) in [5, 5.41) is 17.7. The largest absolute Gasteiger partial charge is 0.481 e. The molecule has 0 amide bonds. The van der Waals surface area contributed by atoms with Crippen LogP contribution in [0.3, 0.4) is 0 Å². The Bertz CT molecular complexity index is 437. The van der Waals surface area contributed by atoms with Crippen molar-refractivity contribution < 1.29 is 15.1 Å². The minimum atomic E-state index is -0.752. The number of hydrogen-bond acceptors (Lipinski definition) is 3. The number of hydroxylamine groups is 1. The van der Waals surface area contributed by atoms with Gasteiger partial charge in [0.2, 0.25) is 0 Å². The highest BCUT2D eigenvalue weighted by Gasteiger charge is 2.09. The van der Waals surface area contributed by atoms with Crippen molar-refractivity contribution >= 4 is 40.1 Å². The summed E-state index contributed by atoms with van der Waals surface area (Å²) in [7, 11) is 0. The van der Waals surface area contributed by atoms with Crippen LogP contribution in [0.2, 0.25) is 0 Å². The van der Waals surface area contributed by atoms with Crippen molar-refractivity contribution in [2.24, 2.45) is 4.99 Å². The number of aliphatic imine (C=N–C) groups is 1. The first-order valence-corrected chi connectivity index (χ1v) is 7.75. The normalized spacial score (nSPS) is 13.0. The third-order valence-corrected chi connectivity index (χ3v) is 3.79. The van der Waals surface area contributed by atoms with Crippen LogP contribution in [0, 0.1) is 0 Å². The fourth-order valence-corrected chi connectivity index (χ4v) is 2.59. The van der Waals surface area contributed by atoms with Crippen molar-refractivity contribution in [3.8, 4) is 0 Å². The highest BCUT2D eigenvalue weighted by molar-refractivity contribution is 14.1. The van der Waals surface area contributed by atoms with E-state index in [9.17, 15) is 4.79 Å². The Morgan fingerprint density at radius 3 is 2.60 bits per heavy atom. The maximum atomic E-state index is 10.4. The van der Waals surface area contributed by atoms with Crippen LogP contribution in [0.5, 0.6) is 0 Å². The molecule has 0 aliphatic rings. The Balaban J connectivity index is 2.40. The van der Waals surface area contributed by atoms with Crippen molar-refractivity contribution in [2.75, 3.05) is 0 Å². The molecule has 1 rings (SSSR count). The summed E-state index contributed by atoms with van der Waals surface area (Å²) in [6.45, 7) is 0. The number of hydrogen-bond donors (Lipinski definition) is 3. The molecule has 5 nitrogen and oxygen atoms in total. The molecule has 0 radical (unpaired) electrons. The lowest BCUT2D eigenvalue weighted by Gasteiger charge is -2.11. The fourth-order valence-electron chi connectivity index (χ4n) is 1.73. The topological polar surface area (TPSA) is 81.9 Å². The van der Waals surface area contributed by atoms with Gasteiger partial charge >= 0.3 is 5.97 Å². The summed E-state index contributed by atoms with van der Waals surface area (Å²) < 4.78 is 0.309. The lowest BCUT2D eigenvalue weighted by Crippen LogP contribution is -2.22. The van der Waals surface area contributed by atoms with Gasteiger partial charge in [0.05, 0.1) is 5.69 Å². The zero-order chi connectivity index (χ0) is 14.8. The number of rotatable bonds is 8. The van der Waals surface area contributed by atoms with Gasteiger partial charge in [0.15, 0.2) is 0 Å². The van der Waals surface area contributed by atoms with Crippen LogP contribution in [0.15, 0.2) is 35.3 Å². The van der Waals surface area contributed by atoms with E-state index in [2.05, 4.69) is 33.1 Å². The van der Waals surface area contributed by atoms with Crippen LogP contribution in [-0.4, -0.2) is 26.0 Å². The first-order valence-electron chi connectivity index (χ1n) is 6.50. The molecule has 0 fully saturated rings. The SMILES string of the molecule is O=C(O)CCCCC(I)CC(=Nc1ccccc1)NO. The standard InChI is InChI=1S/C14H19IN2O3/c15-11(6-4-5-9-14(18)19)10-13(17-20)16-12-7-2-1-3-8-12/h1-3,7-8,11,20H,4-6,9-10H2,(H,16,17)(H,18,19). The molecule has 0 aliphatic heterocycles. The molecule has 1 atom stereocenters. The molecule has 1 aromatic rings. The lowest BCUT2D eigenvalue weighted by molar-refractivity contribution is -0.137. The van der Waals surface area contributed by atoms with Gasteiger partial charge < -0.3 is 5.11 Å². The fraction of sp³-hybridized carbons (Fsp3) is 0.429. The number of nitrogens with zero attached hydrogens (tertiary/aromatic N) is 1. The average molecular weight is 390 g/mol. The highest BCUT2D eigenvalue weighted by atomic mass is 127. The number of para-hydroxylation sites is 1. The number of unbranched alkanes of at least 4 members (excludes halogenated alkanes) is 1. The number of aliphatic carboxylic acids is 1. The second kappa shape index (κ2) is 9.71. The lowest BCUT2D eigenvalue weighted by atomic mass is 10.1. The third kappa shape index (κ3) is 7.44. The van der Waals surface area contributed by atoms with E-state index < -0.39 is 5.97 Å². The maximum absolute atomic E-state index is 10.4. The van der Waals surface area contributed by atoms with E-state index in [1.54, 1.807) is 0 Å². The van der Waals surface area contributed by atoms with Gasteiger partial charge in [-0.05, 0) is 25.0 Å². The highest BCUT2D eigenvalue weighted by Crippen LogP contribution is 2.17. The van der Waals surface area contributed by atoms with E-state index in [-0.39, 0.29) is 6.42 Å². The first kappa shape index (κ1) is 16.9. The Hall–Kier alpha value is -1.15. The minimum Gasteiger partial charge on any atom is -0.481 e. The minimum absolute atomic E-state index is 0.215. The molecule has 20 heavy (non-hydrogen) atoms. The Morgan fingerprint density at radius 1 is 1.30 bits per heavy atom. The number of alkyl halides is 1. The molecule has 110 valence electrons. The van der Waals surface area contributed by atoms with Gasteiger partial charge in [0, 0.05) is 16.8 Å². The zero-order valence-electron chi connectivity index (χ0n) is 11.1. The summed E-state index contributed by atoms with van der Waals surface area (Å²) in [6.07, 6.45) is 3.30. The Kier molecular flexibility index (Phi) is 8.20. The molecular weight excluding hydrogens is 371 g/mol. The van der Waals surface area contributed by atoms with Crippen LogP contribution >= 0.6 is 22.6 Å². The molecule has 0 bridgehead atoms. The number of benzene rings is 1. The number of carboxylic acids is 1. The summed E-state index contributed by atoms with van der Waals surface area (Å²) in [4.78, 5) is 14.7. The van der Waals surface area contributed by atoms with E-state index >= 15 is 0 Å². The van der Waals surface area contributed by atoms with Crippen LogP contribution in [-0.2, 0) is 4.79 Å². The van der Waals surface area contributed by atoms with Crippen LogP contribution in [0.4, 0.5) is 5.69 Å². The van der Waals surface area contributed by atoms with Gasteiger partial charge in [-0.1, -0.05) is 47.2 Å². The van der Waals surface area contributed by atoms with Crippen molar-refractivity contribution in [1.29, 1.82) is 0 Å². The van der Waals surface area contributed by atoms with E-state index in [1.165, 1.54) is 0 Å². The molecule has 0 saturated heterocycles. The van der Waals surface area contributed by atoms with Crippen LogP contribution in [0.1, 0.15) is 32.1 Å². The first-order chi connectivity index (χ1) is 9.61. The predicted octanol–water partition coefficient (Wildman–Crippen LogP) is 3.53. The molecule has 0 aromatic heterocycles. The second-order valence-corrected chi connectivity index (χ2v) is 6.21. The molecule has 0 aliphatic carbocycles. The van der Waals surface area contributed by atoms with Crippen molar-refractivity contribution in [1.82, 2.24) is 5.48 Å². The summed E-state index contributed by atoms with van der Waals surface area (Å²) in [6, 6.07) is 9.43. The zero-order valence-corrected chi connectivity index (χ0v) is 13.3. The van der Waals surface area contributed by atoms with Crippen molar-refractivity contribution in [3.63, 3.8) is 0 Å². The second-order valence-electron chi connectivity index (χ2n) is 4.45. The predicted molar refractivity (Wildman–Crippen MR) is 87.0 cm³/mol. The number of carbonyl (C=O) groups is 1. The molecule has 3 N–H and O–H groups in total. The molecule has 0 heterocycles. The number of nitrogens with one attached hydrogen (secondary N) is 1. The van der Waals surface area contributed by atoms with Crippen molar-refractivity contribution in [3.05, 3.63) is 30.3 Å². The summed E-state index contributed by atoms with van der Waals surface area (Å²) >= 11 is 2.30. The van der Waals surface area contributed by atoms with E-state index in [4.69, 9.17) is 10.3 Å². The quantitative estimate of drug-likeness (QED) is 0.158. The maximum Gasteiger partial charge on any atom is 0.303 e. The smallest absolute Gasteiger partial charge is 0.303 e. The Labute approximate surface area is 132 Å².